The van der Waals surface area contributed by atoms with Gasteiger partial charge < -0.3 is 27.2 Å². The van der Waals surface area contributed by atoms with Crippen LogP contribution in [0.4, 0.5) is 0 Å². The van der Waals surface area contributed by atoms with Crippen molar-refractivity contribution in [1.29, 1.82) is 0 Å². The van der Waals surface area contributed by atoms with Crippen LogP contribution in [0.5, 0.6) is 11.5 Å². The predicted octanol–water partition coefficient (Wildman–Crippen LogP) is -2.17. The molecule has 0 saturated carbocycles. The molecule has 2 aliphatic rings. The zero-order valence-electron chi connectivity index (χ0n) is 8.65. The summed E-state index contributed by atoms with van der Waals surface area (Å²) in [5.74, 6) is 2.52. The van der Waals surface area contributed by atoms with Crippen molar-refractivity contribution in [2.24, 2.45) is 4.99 Å². The van der Waals surface area contributed by atoms with Gasteiger partial charge in [0.2, 0.25) is 0 Å². The molecule has 2 aliphatic heterocycles. The number of hydrogen-bond donors (Lipinski definition) is 1. The van der Waals surface area contributed by atoms with E-state index in [1.165, 1.54) is 0 Å². The van der Waals surface area contributed by atoms with Crippen molar-refractivity contribution in [3.05, 3.63) is 24.3 Å². The van der Waals surface area contributed by atoms with Crippen LogP contribution in [0.3, 0.4) is 0 Å². The third-order valence-corrected chi connectivity index (χ3v) is 2.51. The molecule has 1 atom stereocenters. The van der Waals surface area contributed by atoms with E-state index in [1.54, 1.807) is 0 Å². The van der Waals surface area contributed by atoms with Crippen molar-refractivity contribution >= 4 is 5.84 Å². The fourth-order valence-corrected chi connectivity index (χ4v) is 1.79. The minimum absolute atomic E-state index is 0. The fourth-order valence-electron chi connectivity index (χ4n) is 1.79. The number of fused-ring (bicyclic) bond motifs is 1. The quantitative estimate of drug-likeness (QED) is 0.607. The molecule has 2 heterocycles. The van der Waals surface area contributed by atoms with E-state index in [-0.39, 0.29) is 18.5 Å². The third-order valence-electron chi connectivity index (χ3n) is 2.51. The first-order valence-electron chi connectivity index (χ1n) is 5.10. The van der Waals surface area contributed by atoms with E-state index < -0.39 is 0 Å². The summed E-state index contributed by atoms with van der Waals surface area (Å²) in [5, 5.41) is 3.20. The second-order valence-corrected chi connectivity index (χ2v) is 3.56. The van der Waals surface area contributed by atoms with E-state index in [2.05, 4.69) is 10.3 Å². The van der Waals surface area contributed by atoms with Crippen LogP contribution in [0.1, 0.15) is 0 Å². The summed E-state index contributed by atoms with van der Waals surface area (Å²) in [6.45, 7) is 2.26. The minimum atomic E-state index is -0.0811. The fraction of sp³-hybridized carbons (Fsp3) is 0.364. The van der Waals surface area contributed by atoms with Crippen molar-refractivity contribution < 1.29 is 21.9 Å². The Bertz CT molecular complexity index is 409. The molecule has 4 nitrogen and oxygen atoms in total. The molecule has 0 spiro atoms. The van der Waals surface area contributed by atoms with Crippen molar-refractivity contribution in [2.45, 2.75) is 6.10 Å². The van der Waals surface area contributed by atoms with Crippen molar-refractivity contribution in [3.8, 4) is 11.5 Å². The molecular weight excluding hydrogens is 228 g/mol. The van der Waals surface area contributed by atoms with Gasteiger partial charge in [0, 0.05) is 6.54 Å². The third kappa shape index (κ3) is 1.93. The number of aliphatic imine (C=N–C) groups is 1. The largest absolute Gasteiger partial charge is 1.00 e. The summed E-state index contributed by atoms with van der Waals surface area (Å²) in [6, 6.07) is 7.70. The molecule has 5 heteroatoms. The van der Waals surface area contributed by atoms with Crippen LogP contribution in [0, 0.1) is 0 Å². The number of para-hydroxylation sites is 2. The van der Waals surface area contributed by atoms with E-state index in [0.717, 1.165) is 30.4 Å². The second kappa shape index (κ2) is 4.61. The first-order chi connectivity index (χ1) is 7.43. The number of nitrogens with zero attached hydrogens (tertiary/aromatic N) is 1. The second-order valence-electron chi connectivity index (χ2n) is 3.56. The Morgan fingerprint density at radius 3 is 2.81 bits per heavy atom. The summed E-state index contributed by atoms with van der Waals surface area (Å²) < 4.78 is 11.4. The van der Waals surface area contributed by atoms with E-state index in [0.29, 0.717) is 6.61 Å². The first-order valence-corrected chi connectivity index (χ1v) is 5.10. The van der Waals surface area contributed by atoms with Gasteiger partial charge in [-0.2, -0.15) is 0 Å². The Hall–Kier alpha value is -1.42. The number of rotatable bonds is 1. The van der Waals surface area contributed by atoms with Gasteiger partial charge in [0.15, 0.2) is 17.6 Å². The van der Waals surface area contributed by atoms with Gasteiger partial charge in [-0.3, -0.25) is 4.99 Å². The lowest BCUT2D eigenvalue weighted by molar-refractivity contribution is -0.00000368. The standard InChI is InChI=1S/C11H12N2O2.ClH/c1-2-4-9-8(3-1)14-7-10(15-9)11-12-5-6-13-11;/h1-4,10H,5-7H2,(H,12,13);1H/p-1. The van der Waals surface area contributed by atoms with Gasteiger partial charge in [0.25, 0.3) is 0 Å². The molecule has 0 aromatic heterocycles. The Morgan fingerprint density at radius 2 is 2.06 bits per heavy atom. The van der Waals surface area contributed by atoms with Crippen LogP contribution in [0.25, 0.3) is 0 Å². The molecule has 1 unspecified atom stereocenters. The van der Waals surface area contributed by atoms with Crippen LogP contribution in [-0.2, 0) is 0 Å². The molecule has 0 radical (unpaired) electrons. The molecular formula is C11H12ClN2O2-. The monoisotopic (exact) mass is 239 g/mol. The molecule has 0 bridgehead atoms. The van der Waals surface area contributed by atoms with Gasteiger partial charge in [-0.15, -0.1) is 0 Å². The van der Waals surface area contributed by atoms with Gasteiger partial charge in [-0.05, 0) is 12.1 Å². The molecule has 0 fully saturated rings. The summed E-state index contributed by atoms with van der Waals surface area (Å²) in [5.41, 5.74) is 0. The lowest BCUT2D eigenvalue weighted by atomic mass is 10.2. The molecule has 3 rings (SSSR count). The van der Waals surface area contributed by atoms with E-state index in [1.807, 2.05) is 24.3 Å². The highest BCUT2D eigenvalue weighted by atomic mass is 35.5. The normalized spacial score (nSPS) is 21.8. The molecule has 0 amide bonds. The van der Waals surface area contributed by atoms with Gasteiger partial charge in [0.05, 0.1) is 6.54 Å². The van der Waals surface area contributed by atoms with Crippen LogP contribution in [0.15, 0.2) is 29.3 Å². The number of hydrogen-bond acceptors (Lipinski definition) is 4. The number of nitrogens with one attached hydrogen (secondary N) is 1. The smallest absolute Gasteiger partial charge is 0.189 e. The van der Waals surface area contributed by atoms with Gasteiger partial charge in [-0.25, -0.2) is 0 Å². The molecule has 0 saturated heterocycles. The van der Waals surface area contributed by atoms with Crippen LogP contribution >= 0.6 is 0 Å². The lowest BCUT2D eigenvalue weighted by Gasteiger charge is -2.26. The Kier molecular flexibility index (Phi) is 3.19. The Balaban J connectivity index is 0.000000963. The molecule has 1 aromatic rings. The van der Waals surface area contributed by atoms with Crippen LogP contribution in [0.2, 0.25) is 0 Å². The van der Waals surface area contributed by atoms with Gasteiger partial charge in [-0.1, -0.05) is 12.1 Å². The summed E-state index contributed by atoms with van der Waals surface area (Å²) in [7, 11) is 0. The van der Waals surface area contributed by atoms with Gasteiger partial charge >= 0.3 is 0 Å². The van der Waals surface area contributed by atoms with Crippen molar-refractivity contribution in [2.75, 3.05) is 19.7 Å². The minimum Gasteiger partial charge on any atom is -1.00 e. The maximum absolute atomic E-state index is 5.80. The lowest BCUT2D eigenvalue weighted by Crippen LogP contribution is -3.00. The maximum Gasteiger partial charge on any atom is 0.189 e. The highest BCUT2D eigenvalue weighted by Gasteiger charge is 2.26. The topological polar surface area (TPSA) is 42.8 Å². The van der Waals surface area contributed by atoms with Gasteiger partial charge in [0.1, 0.15) is 12.4 Å². The molecule has 1 N–H and O–H groups in total. The van der Waals surface area contributed by atoms with Crippen molar-refractivity contribution in [1.82, 2.24) is 5.32 Å². The highest BCUT2D eigenvalue weighted by Crippen LogP contribution is 2.31. The van der Waals surface area contributed by atoms with Crippen LogP contribution in [-0.4, -0.2) is 31.6 Å². The zero-order chi connectivity index (χ0) is 10.1. The van der Waals surface area contributed by atoms with E-state index in [4.69, 9.17) is 9.47 Å². The number of halogens is 1. The van der Waals surface area contributed by atoms with Crippen LogP contribution < -0.4 is 27.2 Å². The molecule has 16 heavy (non-hydrogen) atoms. The summed E-state index contributed by atoms with van der Waals surface area (Å²) in [6.07, 6.45) is -0.0811. The Labute approximate surface area is 100 Å². The molecule has 0 aliphatic carbocycles. The Morgan fingerprint density at radius 1 is 1.25 bits per heavy atom. The zero-order valence-corrected chi connectivity index (χ0v) is 9.41. The summed E-state index contributed by atoms with van der Waals surface area (Å²) in [4.78, 5) is 4.33. The highest BCUT2D eigenvalue weighted by molar-refractivity contribution is 5.88. The predicted molar refractivity (Wildman–Crippen MR) is 56.7 cm³/mol. The summed E-state index contributed by atoms with van der Waals surface area (Å²) >= 11 is 0. The molecule has 86 valence electrons. The average Bonchev–Trinajstić information content (AvgIpc) is 2.82. The maximum atomic E-state index is 5.80. The van der Waals surface area contributed by atoms with E-state index in [9.17, 15) is 0 Å². The van der Waals surface area contributed by atoms with Crippen molar-refractivity contribution in [3.63, 3.8) is 0 Å². The SMILES string of the molecule is [Cl-].c1ccc2c(c1)OCC(C1=NCCN1)O2. The van der Waals surface area contributed by atoms with E-state index >= 15 is 0 Å². The number of amidine groups is 1. The number of benzene rings is 1. The first kappa shape index (κ1) is 11.1. The average molecular weight is 240 g/mol. The number of ether oxygens (including phenoxy) is 2. The molecule has 1 aromatic carbocycles.